The molecular weight excluding hydrogens is 248 g/mol. The van der Waals surface area contributed by atoms with Gasteiger partial charge in [-0.15, -0.1) is 0 Å². The summed E-state index contributed by atoms with van der Waals surface area (Å²) in [5.74, 6) is 1.24. The van der Waals surface area contributed by atoms with Crippen molar-refractivity contribution in [2.45, 2.75) is 44.7 Å². The first kappa shape index (κ1) is 13.9. The highest BCUT2D eigenvalue weighted by Crippen LogP contribution is 2.31. The highest BCUT2D eigenvalue weighted by Gasteiger charge is 2.30. The van der Waals surface area contributed by atoms with Crippen molar-refractivity contribution < 1.29 is 5.11 Å². The van der Waals surface area contributed by atoms with Gasteiger partial charge in [0.25, 0.3) is 0 Å². The number of nitrogens with zero attached hydrogens (tertiary/aromatic N) is 1. The molecule has 20 heavy (non-hydrogen) atoms. The van der Waals surface area contributed by atoms with Crippen LogP contribution < -0.4 is 5.32 Å². The van der Waals surface area contributed by atoms with Gasteiger partial charge in [-0.25, -0.2) is 0 Å². The fraction of sp³-hybridized carbons (Fsp3) is 0.647. The van der Waals surface area contributed by atoms with Gasteiger partial charge < -0.3 is 10.4 Å². The molecule has 0 radical (unpaired) electrons. The van der Waals surface area contributed by atoms with E-state index < -0.39 is 0 Å². The molecule has 1 aromatic rings. The number of nitrogens with one attached hydrogen (secondary N) is 1. The normalized spacial score (nSPS) is 26.8. The number of hydrogen-bond donors (Lipinski definition) is 2. The van der Waals surface area contributed by atoms with E-state index >= 15 is 0 Å². The molecule has 0 bridgehead atoms. The molecule has 110 valence electrons. The van der Waals surface area contributed by atoms with Gasteiger partial charge in [-0.1, -0.05) is 12.1 Å². The molecule has 2 saturated heterocycles. The zero-order valence-electron chi connectivity index (χ0n) is 12.4. The molecule has 0 aliphatic carbocycles. The topological polar surface area (TPSA) is 35.5 Å². The molecule has 3 nitrogen and oxygen atoms in total. The molecule has 3 heteroatoms. The van der Waals surface area contributed by atoms with E-state index in [0.29, 0.717) is 11.8 Å². The van der Waals surface area contributed by atoms with Crippen LogP contribution in [0.5, 0.6) is 5.75 Å². The molecule has 2 atom stereocenters. The summed E-state index contributed by atoms with van der Waals surface area (Å²) in [4.78, 5) is 2.56. The molecule has 0 saturated carbocycles. The van der Waals surface area contributed by atoms with Crippen molar-refractivity contribution in [1.82, 2.24) is 10.2 Å². The van der Waals surface area contributed by atoms with E-state index in [1.54, 1.807) is 6.07 Å². The highest BCUT2D eigenvalue weighted by atomic mass is 16.3. The number of rotatable bonds is 3. The number of hydrogen-bond acceptors (Lipinski definition) is 3. The molecule has 2 fully saturated rings. The summed E-state index contributed by atoms with van der Waals surface area (Å²) in [6, 6.07) is 8.88. The molecule has 1 aromatic carbocycles. The lowest BCUT2D eigenvalue weighted by Gasteiger charge is -2.38. The quantitative estimate of drug-likeness (QED) is 0.889. The smallest absolute Gasteiger partial charge is 0.115 e. The standard InChI is InChI=1S/C17H26N2O/c1-13(15-4-2-5-16(20)12-15)19-10-7-14(8-11-19)17-6-3-9-18-17/h2,4-5,12-14,17-18,20H,3,6-11H2,1H3. The van der Waals surface area contributed by atoms with Crippen molar-refractivity contribution in [2.75, 3.05) is 19.6 Å². The lowest BCUT2D eigenvalue weighted by atomic mass is 9.87. The van der Waals surface area contributed by atoms with Crippen LogP contribution in [0.15, 0.2) is 24.3 Å². The molecule has 2 aliphatic rings. The van der Waals surface area contributed by atoms with Gasteiger partial charge in [-0.3, -0.25) is 4.90 Å². The van der Waals surface area contributed by atoms with Crippen LogP contribution in [0.2, 0.25) is 0 Å². The summed E-state index contributed by atoms with van der Waals surface area (Å²) in [5.41, 5.74) is 1.22. The Hall–Kier alpha value is -1.06. The Morgan fingerprint density at radius 1 is 1.25 bits per heavy atom. The lowest BCUT2D eigenvalue weighted by molar-refractivity contribution is 0.126. The van der Waals surface area contributed by atoms with Crippen LogP contribution in [-0.2, 0) is 0 Å². The number of likely N-dealkylation sites (tertiary alicyclic amines) is 1. The number of aromatic hydroxyl groups is 1. The fourth-order valence-corrected chi connectivity index (χ4v) is 3.82. The van der Waals surface area contributed by atoms with Crippen molar-refractivity contribution in [1.29, 1.82) is 0 Å². The molecule has 2 N–H and O–H groups in total. The maximum Gasteiger partial charge on any atom is 0.115 e. The largest absolute Gasteiger partial charge is 0.508 e. The molecule has 3 rings (SSSR count). The Labute approximate surface area is 122 Å². The summed E-state index contributed by atoms with van der Waals surface area (Å²) < 4.78 is 0. The van der Waals surface area contributed by atoms with Gasteiger partial charge in [0.05, 0.1) is 0 Å². The molecule has 0 spiro atoms. The predicted octanol–water partition coefficient (Wildman–Crippen LogP) is 2.92. The maximum atomic E-state index is 9.62. The molecule has 0 aromatic heterocycles. The molecule has 0 amide bonds. The summed E-state index contributed by atoms with van der Waals surface area (Å²) in [5, 5.41) is 13.3. The molecule has 2 aliphatic heterocycles. The van der Waals surface area contributed by atoms with Crippen LogP contribution in [-0.4, -0.2) is 35.7 Å². The third kappa shape index (κ3) is 2.99. The molecule has 2 unspecified atom stereocenters. The summed E-state index contributed by atoms with van der Waals surface area (Å²) >= 11 is 0. The number of piperidine rings is 1. The number of phenolic OH excluding ortho intramolecular Hbond substituents is 1. The Kier molecular flexibility index (Phi) is 4.27. The van der Waals surface area contributed by atoms with Gasteiger partial charge in [0.2, 0.25) is 0 Å². The second-order valence-electron chi connectivity index (χ2n) is 6.35. The fourth-order valence-electron chi connectivity index (χ4n) is 3.82. The minimum atomic E-state index is 0.374. The Balaban J connectivity index is 1.57. The van der Waals surface area contributed by atoms with Crippen LogP contribution in [0.3, 0.4) is 0 Å². The second-order valence-corrected chi connectivity index (χ2v) is 6.35. The third-order valence-corrected chi connectivity index (χ3v) is 5.14. The average Bonchev–Trinajstić information content (AvgIpc) is 3.01. The monoisotopic (exact) mass is 274 g/mol. The predicted molar refractivity (Wildman–Crippen MR) is 81.8 cm³/mol. The SMILES string of the molecule is CC(c1cccc(O)c1)N1CCC(C2CCCN2)CC1. The van der Waals surface area contributed by atoms with Gasteiger partial charge >= 0.3 is 0 Å². The maximum absolute atomic E-state index is 9.62. The van der Waals surface area contributed by atoms with Crippen LogP contribution >= 0.6 is 0 Å². The summed E-state index contributed by atoms with van der Waals surface area (Å²) in [6.45, 7) is 5.83. The summed E-state index contributed by atoms with van der Waals surface area (Å²) in [7, 11) is 0. The van der Waals surface area contributed by atoms with Gasteiger partial charge in [-0.05, 0) is 75.9 Å². The Morgan fingerprint density at radius 2 is 2.05 bits per heavy atom. The van der Waals surface area contributed by atoms with E-state index in [-0.39, 0.29) is 0 Å². The first-order chi connectivity index (χ1) is 9.74. The number of benzene rings is 1. The van der Waals surface area contributed by atoms with Crippen LogP contribution in [0.4, 0.5) is 0 Å². The van der Waals surface area contributed by atoms with E-state index in [4.69, 9.17) is 0 Å². The molecular formula is C17H26N2O. The van der Waals surface area contributed by atoms with Crippen molar-refractivity contribution in [3.05, 3.63) is 29.8 Å². The second kappa shape index (κ2) is 6.15. The van der Waals surface area contributed by atoms with Crippen molar-refractivity contribution in [2.24, 2.45) is 5.92 Å². The Bertz CT molecular complexity index is 434. The first-order valence-corrected chi connectivity index (χ1v) is 8.00. The van der Waals surface area contributed by atoms with E-state index in [9.17, 15) is 5.11 Å². The van der Waals surface area contributed by atoms with Crippen LogP contribution in [0, 0.1) is 5.92 Å². The van der Waals surface area contributed by atoms with Crippen molar-refractivity contribution in [3.63, 3.8) is 0 Å². The van der Waals surface area contributed by atoms with Gasteiger partial charge in [0, 0.05) is 12.1 Å². The zero-order chi connectivity index (χ0) is 13.9. The highest BCUT2D eigenvalue weighted by molar-refractivity contribution is 5.29. The van der Waals surface area contributed by atoms with Gasteiger partial charge in [0.1, 0.15) is 5.75 Å². The van der Waals surface area contributed by atoms with E-state index in [0.717, 1.165) is 12.0 Å². The van der Waals surface area contributed by atoms with Gasteiger partial charge in [0.15, 0.2) is 0 Å². The first-order valence-electron chi connectivity index (χ1n) is 8.00. The number of phenols is 1. The van der Waals surface area contributed by atoms with Crippen molar-refractivity contribution in [3.8, 4) is 5.75 Å². The van der Waals surface area contributed by atoms with Gasteiger partial charge in [-0.2, -0.15) is 0 Å². The van der Waals surface area contributed by atoms with Crippen LogP contribution in [0.25, 0.3) is 0 Å². The van der Waals surface area contributed by atoms with Crippen molar-refractivity contribution >= 4 is 0 Å². The van der Waals surface area contributed by atoms with E-state index in [1.807, 2.05) is 12.1 Å². The zero-order valence-corrected chi connectivity index (χ0v) is 12.4. The molecule has 2 heterocycles. The Morgan fingerprint density at radius 3 is 2.70 bits per heavy atom. The summed E-state index contributed by atoms with van der Waals surface area (Å²) in [6.07, 6.45) is 5.33. The van der Waals surface area contributed by atoms with E-state index in [2.05, 4.69) is 23.2 Å². The minimum Gasteiger partial charge on any atom is -0.508 e. The van der Waals surface area contributed by atoms with Crippen LogP contribution in [0.1, 0.15) is 44.2 Å². The van der Waals surface area contributed by atoms with E-state index in [1.165, 1.54) is 50.9 Å². The third-order valence-electron chi connectivity index (χ3n) is 5.14. The lowest BCUT2D eigenvalue weighted by Crippen LogP contribution is -2.41. The minimum absolute atomic E-state index is 0.374. The average molecular weight is 274 g/mol.